The van der Waals surface area contributed by atoms with Gasteiger partial charge in [0.25, 0.3) is 5.91 Å². The van der Waals surface area contributed by atoms with Gasteiger partial charge in [-0.3, -0.25) is 14.4 Å². The van der Waals surface area contributed by atoms with Gasteiger partial charge in [0.15, 0.2) is 6.61 Å². The molecule has 0 fully saturated rings. The third-order valence-corrected chi connectivity index (χ3v) is 4.86. The number of anilines is 2. The van der Waals surface area contributed by atoms with Crippen LogP contribution in [0.15, 0.2) is 42.5 Å². The van der Waals surface area contributed by atoms with Crippen molar-refractivity contribution in [3.8, 4) is 0 Å². The molecule has 0 unspecified atom stereocenters. The smallest absolute Gasteiger partial charge is 0.316 e. The van der Waals surface area contributed by atoms with Gasteiger partial charge in [0.1, 0.15) is 0 Å². The maximum absolute atomic E-state index is 12.0. The Morgan fingerprint density at radius 2 is 1.68 bits per heavy atom. The van der Waals surface area contributed by atoms with Gasteiger partial charge in [-0.2, -0.15) is 0 Å². The van der Waals surface area contributed by atoms with E-state index in [2.05, 4.69) is 10.6 Å². The Hall–Kier alpha value is -2.51. The van der Waals surface area contributed by atoms with Crippen LogP contribution < -0.4 is 10.6 Å². The van der Waals surface area contributed by atoms with Gasteiger partial charge in [-0.25, -0.2) is 0 Å². The molecule has 2 N–H and O–H groups in total. The molecule has 148 valence electrons. The summed E-state index contributed by atoms with van der Waals surface area (Å²) in [6.45, 7) is 3.48. The van der Waals surface area contributed by atoms with Gasteiger partial charge in [-0.1, -0.05) is 41.4 Å². The highest BCUT2D eigenvalue weighted by Crippen LogP contribution is 2.20. The van der Waals surface area contributed by atoms with Crippen molar-refractivity contribution in [2.75, 3.05) is 28.7 Å². The maximum atomic E-state index is 12.0. The lowest BCUT2D eigenvalue weighted by Gasteiger charge is -2.09. The van der Waals surface area contributed by atoms with Crippen molar-refractivity contribution in [2.24, 2.45) is 0 Å². The number of para-hydroxylation sites is 1. The molecule has 2 amide bonds. The molecule has 0 atom stereocenters. The van der Waals surface area contributed by atoms with E-state index in [9.17, 15) is 14.4 Å². The van der Waals surface area contributed by atoms with E-state index in [0.29, 0.717) is 10.7 Å². The van der Waals surface area contributed by atoms with Crippen LogP contribution in [-0.4, -0.2) is 35.9 Å². The largest absolute Gasteiger partial charge is 0.455 e. The Bertz CT molecular complexity index is 873. The van der Waals surface area contributed by atoms with E-state index in [0.717, 1.165) is 28.6 Å². The van der Waals surface area contributed by atoms with E-state index in [4.69, 9.17) is 16.3 Å². The molecule has 0 aromatic heterocycles. The zero-order valence-electron chi connectivity index (χ0n) is 15.6. The van der Waals surface area contributed by atoms with Gasteiger partial charge < -0.3 is 15.4 Å². The van der Waals surface area contributed by atoms with E-state index in [1.807, 2.05) is 32.0 Å². The monoisotopic (exact) mass is 420 g/mol. The number of esters is 1. The van der Waals surface area contributed by atoms with Crippen LogP contribution in [-0.2, 0) is 19.1 Å². The summed E-state index contributed by atoms with van der Waals surface area (Å²) in [7, 11) is 0. The van der Waals surface area contributed by atoms with Gasteiger partial charge in [0, 0.05) is 5.69 Å². The van der Waals surface area contributed by atoms with Crippen molar-refractivity contribution in [3.63, 3.8) is 0 Å². The van der Waals surface area contributed by atoms with Gasteiger partial charge >= 0.3 is 5.97 Å². The average Bonchev–Trinajstić information content (AvgIpc) is 2.64. The van der Waals surface area contributed by atoms with E-state index >= 15 is 0 Å². The number of benzene rings is 2. The Morgan fingerprint density at radius 1 is 0.964 bits per heavy atom. The van der Waals surface area contributed by atoms with Crippen LogP contribution in [0, 0.1) is 13.8 Å². The topological polar surface area (TPSA) is 84.5 Å². The molecule has 2 aromatic carbocycles. The molecule has 8 heteroatoms. The van der Waals surface area contributed by atoms with E-state index in [-0.39, 0.29) is 17.4 Å². The highest BCUT2D eigenvalue weighted by atomic mass is 35.5. The fourth-order valence-electron chi connectivity index (χ4n) is 2.30. The number of carbonyl (C=O) groups is 3. The summed E-state index contributed by atoms with van der Waals surface area (Å²) in [5.41, 5.74) is 3.28. The van der Waals surface area contributed by atoms with Crippen molar-refractivity contribution in [2.45, 2.75) is 13.8 Å². The summed E-state index contributed by atoms with van der Waals surface area (Å²) in [5.74, 6) is -1.19. The Labute approximate surface area is 173 Å². The molecule has 0 bridgehead atoms. The molecule has 0 spiro atoms. The summed E-state index contributed by atoms with van der Waals surface area (Å²) in [5, 5.41) is 5.76. The standard InChI is InChI=1S/C20H21ClN2O4S/c1-13-7-8-16(14(2)9-13)22-19(25)11-28-12-20(26)27-10-18(24)23-17-6-4-3-5-15(17)21/h3-9H,10-12H2,1-2H3,(H,22,25)(H,23,24). The summed E-state index contributed by atoms with van der Waals surface area (Å²) in [6.07, 6.45) is 0. The molecule has 0 heterocycles. The lowest BCUT2D eigenvalue weighted by atomic mass is 10.1. The zero-order chi connectivity index (χ0) is 20.5. The fourth-order valence-corrected chi connectivity index (χ4v) is 3.10. The van der Waals surface area contributed by atoms with Crippen LogP contribution in [0.25, 0.3) is 0 Å². The average molecular weight is 421 g/mol. The highest BCUT2D eigenvalue weighted by Gasteiger charge is 2.11. The number of hydrogen-bond acceptors (Lipinski definition) is 5. The lowest BCUT2D eigenvalue weighted by molar-refractivity contribution is -0.144. The number of hydrogen-bond donors (Lipinski definition) is 2. The van der Waals surface area contributed by atoms with Gasteiger partial charge in [0.05, 0.1) is 22.2 Å². The van der Waals surface area contributed by atoms with Crippen molar-refractivity contribution in [3.05, 3.63) is 58.6 Å². The normalized spacial score (nSPS) is 10.2. The Balaban J connectivity index is 1.66. The van der Waals surface area contributed by atoms with Gasteiger partial charge in [-0.15, -0.1) is 11.8 Å². The van der Waals surface area contributed by atoms with Crippen LogP contribution in [0.3, 0.4) is 0 Å². The molecule has 0 saturated carbocycles. The molecule has 0 saturated heterocycles. The molecule has 6 nitrogen and oxygen atoms in total. The number of carbonyl (C=O) groups excluding carboxylic acids is 3. The number of halogens is 1. The first-order valence-corrected chi connectivity index (χ1v) is 10.0. The van der Waals surface area contributed by atoms with Gasteiger partial charge in [0.2, 0.25) is 5.91 Å². The molecular weight excluding hydrogens is 400 g/mol. The number of amides is 2. The third kappa shape index (κ3) is 7.25. The minimum absolute atomic E-state index is 0.0281. The first-order valence-electron chi connectivity index (χ1n) is 8.50. The molecule has 2 rings (SSSR count). The van der Waals surface area contributed by atoms with Crippen molar-refractivity contribution in [1.29, 1.82) is 0 Å². The summed E-state index contributed by atoms with van der Waals surface area (Å²) < 4.78 is 4.90. The van der Waals surface area contributed by atoms with Crippen molar-refractivity contribution in [1.82, 2.24) is 0 Å². The molecular formula is C20H21ClN2O4S. The number of ether oxygens (including phenoxy) is 1. The number of nitrogens with one attached hydrogen (secondary N) is 2. The number of rotatable bonds is 8. The van der Waals surface area contributed by atoms with E-state index < -0.39 is 18.5 Å². The minimum Gasteiger partial charge on any atom is -0.455 e. The first kappa shape index (κ1) is 21.8. The summed E-state index contributed by atoms with van der Waals surface area (Å²) in [4.78, 5) is 35.5. The molecule has 0 radical (unpaired) electrons. The quantitative estimate of drug-likeness (QED) is 0.634. The molecule has 0 aliphatic carbocycles. The van der Waals surface area contributed by atoms with Crippen LogP contribution in [0.5, 0.6) is 0 Å². The third-order valence-electron chi connectivity index (χ3n) is 3.62. The number of thioether (sulfide) groups is 1. The second kappa shape index (κ2) is 10.7. The molecule has 0 aliphatic heterocycles. The first-order chi connectivity index (χ1) is 13.3. The highest BCUT2D eigenvalue weighted by molar-refractivity contribution is 8.00. The van der Waals surface area contributed by atoms with Crippen LogP contribution in [0.2, 0.25) is 5.02 Å². The Morgan fingerprint density at radius 3 is 2.39 bits per heavy atom. The molecule has 2 aromatic rings. The van der Waals surface area contributed by atoms with Crippen LogP contribution in [0.4, 0.5) is 11.4 Å². The van der Waals surface area contributed by atoms with E-state index in [1.165, 1.54) is 0 Å². The second-order valence-electron chi connectivity index (χ2n) is 6.05. The van der Waals surface area contributed by atoms with E-state index in [1.54, 1.807) is 24.3 Å². The Kier molecular flexibility index (Phi) is 8.35. The van der Waals surface area contributed by atoms with Crippen molar-refractivity contribution >= 4 is 52.5 Å². The maximum Gasteiger partial charge on any atom is 0.316 e. The predicted octanol–water partition coefficient (Wildman–Crippen LogP) is 3.81. The number of aryl methyl sites for hydroxylation is 2. The minimum atomic E-state index is -0.571. The second-order valence-corrected chi connectivity index (χ2v) is 7.44. The predicted molar refractivity (Wildman–Crippen MR) is 113 cm³/mol. The zero-order valence-corrected chi connectivity index (χ0v) is 17.2. The fraction of sp³-hybridized carbons (Fsp3) is 0.250. The summed E-state index contributed by atoms with van der Waals surface area (Å²) in [6, 6.07) is 12.5. The SMILES string of the molecule is Cc1ccc(NC(=O)CSCC(=O)OCC(=O)Nc2ccccc2Cl)c(C)c1. The lowest BCUT2D eigenvalue weighted by Crippen LogP contribution is -2.22. The summed E-state index contributed by atoms with van der Waals surface area (Å²) >= 11 is 7.06. The molecule has 0 aliphatic rings. The van der Waals surface area contributed by atoms with Crippen LogP contribution in [0.1, 0.15) is 11.1 Å². The van der Waals surface area contributed by atoms with Crippen molar-refractivity contribution < 1.29 is 19.1 Å². The molecule has 28 heavy (non-hydrogen) atoms. The van der Waals surface area contributed by atoms with Gasteiger partial charge in [-0.05, 0) is 37.6 Å². The van der Waals surface area contributed by atoms with Crippen LogP contribution >= 0.6 is 23.4 Å².